The number of ether oxygens (including phenoxy) is 3. The number of hydrogen-bond donors (Lipinski definition) is 0. The molecule has 0 N–H and O–H groups in total. The van der Waals surface area contributed by atoms with Crippen molar-refractivity contribution in [1.82, 2.24) is 0 Å². The summed E-state index contributed by atoms with van der Waals surface area (Å²) in [6, 6.07) is 0. The molecule has 0 radical (unpaired) electrons. The van der Waals surface area contributed by atoms with E-state index in [1.54, 1.807) is 7.11 Å². The fraction of sp³-hybridized carbons (Fsp3) is 0.889. The van der Waals surface area contributed by atoms with E-state index in [-0.39, 0.29) is 6.61 Å². The van der Waals surface area contributed by atoms with Crippen molar-refractivity contribution in [3.63, 3.8) is 0 Å². The molecular formula is C9H18O4. The van der Waals surface area contributed by atoms with Crippen molar-refractivity contribution >= 4 is 6.16 Å². The van der Waals surface area contributed by atoms with E-state index in [4.69, 9.17) is 14.2 Å². The van der Waals surface area contributed by atoms with Crippen molar-refractivity contribution in [2.24, 2.45) is 0 Å². The van der Waals surface area contributed by atoms with Crippen molar-refractivity contribution in [2.45, 2.75) is 32.8 Å². The van der Waals surface area contributed by atoms with E-state index in [0.29, 0.717) is 6.61 Å². The lowest BCUT2D eigenvalue weighted by Crippen LogP contribution is -2.28. The fourth-order valence-corrected chi connectivity index (χ4v) is 0.536. The number of carbonyl (C=O) groups excluding carboxylic acids is 1. The zero-order chi connectivity index (χ0) is 10.3. The zero-order valence-electron chi connectivity index (χ0n) is 8.75. The van der Waals surface area contributed by atoms with Crippen LogP contribution in [0.3, 0.4) is 0 Å². The highest BCUT2D eigenvalue weighted by molar-refractivity contribution is 5.60. The quantitative estimate of drug-likeness (QED) is 0.491. The Kier molecular flexibility index (Phi) is 5.46. The van der Waals surface area contributed by atoms with Crippen LogP contribution in [0.1, 0.15) is 27.2 Å². The summed E-state index contributed by atoms with van der Waals surface area (Å²) in [5.74, 6) is 0. The molecule has 0 saturated carbocycles. The molecule has 4 nitrogen and oxygen atoms in total. The standard InChI is InChI=1S/C9H18O4/c1-5-9(2,3)13-8(10)12-7-6-11-4/h5-7H2,1-4H3. The number of carbonyl (C=O) groups is 1. The predicted octanol–water partition coefficient (Wildman–Crippen LogP) is 1.97. The largest absolute Gasteiger partial charge is 0.508 e. The van der Waals surface area contributed by atoms with Crippen molar-refractivity contribution in [1.29, 1.82) is 0 Å². The maximum atomic E-state index is 11.0. The van der Waals surface area contributed by atoms with Gasteiger partial charge in [-0.1, -0.05) is 6.92 Å². The van der Waals surface area contributed by atoms with Gasteiger partial charge in [0.15, 0.2) is 0 Å². The first-order valence-electron chi connectivity index (χ1n) is 4.36. The Morgan fingerprint density at radius 1 is 1.31 bits per heavy atom. The third-order valence-electron chi connectivity index (χ3n) is 1.72. The van der Waals surface area contributed by atoms with Crippen LogP contribution >= 0.6 is 0 Å². The third-order valence-corrected chi connectivity index (χ3v) is 1.72. The molecule has 0 atom stereocenters. The summed E-state index contributed by atoms with van der Waals surface area (Å²) in [6.45, 7) is 6.24. The van der Waals surface area contributed by atoms with Gasteiger partial charge in [-0.15, -0.1) is 0 Å². The molecule has 0 heterocycles. The summed E-state index contributed by atoms with van der Waals surface area (Å²) in [5, 5.41) is 0. The Morgan fingerprint density at radius 3 is 2.38 bits per heavy atom. The topological polar surface area (TPSA) is 44.8 Å². The van der Waals surface area contributed by atoms with Gasteiger partial charge in [0.1, 0.15) is 12.2 Å². The van der Waals surface area contributed by atoms with E-state index >= 15 is 0 Å². The number of hydrogen-bond acceptors (Lipinski definition) is 4. The molecule has 0 saturated heterocycles. The second kappa shape index (κ2) is 5.80. The van der Waals surface area contributed by atoms with Crippen LogP contribution in [0.15, 0.2) is 0 Å². The Morgan fingerprint density at radius 2 is 1.92 bits per heavy atom. The molecule has 0 aromatic carbocycles. The molecule has 13 heavy (non-hydrogen) atoms. The van der Waals surface area contributed by atoms with Crippen LogP contribution in [0.4, 0.5) is 4.79 Å². The van der Waals surface area contributed by atoms with Crippen LogP contribution in [-0.4, -0.2) is 32.1 Å². The van der Waals surface area contributed by atoms with Crippen LogP contribution in [0, 0.1) is 0 Å². The van der Waals surface area contributed by atoms with E-state index < -0.39 is 11.8 Å². The summed E-state index contributed by atoms with van der Waals surface area (Å²) in [5.41, 5.74) is -0.454. The Hall–Kier alpha value is -0.770. The van der Waals surface area contributed by atoms with Gasteiger partial charge in [-0.25, -0.2) is 4.79 Å². The average Bonchev–Trinajstić information content (AvgIpc) is 2.04. The van der Waals surface area contributed by atoms with Gasteiger partial charge in [0.25, 0.3) is 0 Å². The third kappa shape index (κ3) is 6.40. The van der Waals surface area contributed by atoms with Gasteiger partial charge >= 0.3 is 6.16 Å². The normalized spacial score (nSPS) is 11.1. The minimum atomic E-state index is -0.635. The molecule has 0 amide bonds. The monoisotopic (exact) mass is 190 g/mol. The zero-order valence-corrected chi connectivity index (χ0v) is 8.75. The van der Waals surface area contributed by atoms with Gasteiger partial charge in [-0.05, 0) is 20.3 Å². The maximum Gasteiger partial charge on any atom is 0.508 e. The lowest BCUT2D eigenvalue weighted by atomic mass is 10.1. The van der Waals surface area contributed by atoms with Gasteiger partial charge in [0, 0.05) is 7.11 Å². The summed E-state index contributed by atoms with van der Waals surface area (Å²) in [6.07, 6.45) is 0.121. The fourth-order valence-electron chi connectivity index (χ4n) is 0.536. The molecule has 0 rings (SSSR count). The van der Waals surface area contributed by atoms with Crippen molar-refractivity contribution < 1.29 is 19.0 Å². The molecule has 0 fully saturated rings. The average molecular weight is 190 g/mol. The molecule has 0 aliphatic rings. The summed E-state index contributed by atoms with van der Waals surface area (Å²) < 4.78 is 14.5. The highest BCUT2D eigenvalue weighted by Crippen LogP contribution is 2.14. The molecule has 0 spiro atoms. The van der Waals surface area contributed by atoms with Crippen LogP contribution in [0.5, 0.6) is 0 Å². The predicted molar refractivity (Wildman–Crippen MR) is 48.7 cm³/mol. The molecule has 0 bridgehead atoms. The summed E-state index contributed by atoms with van der Waals surface area (Å²) in [4.78, 5) is 11.0. The van der Waals surface area contributed by atoms with Crippen LogP contribution in [-0.2, 0) is 14.2 Å². The van der Waals surface area contributed by atoms with Crippen LogP contribution < -0.4 is 0 Å². The molecule has 0 aliphatic heterocycles. The van der Waals surface area contributed by atoms with Gasteiger partial charge in [0.05, 0.1) is 6.61 Å². The molecule has 0 aromatic heterocycles. The molecule has 0 aromatic rings. The second-order valence-corrected chi connectivity index (χ2v) is 3.31. The van der Waals surface area contributed by atoms with Crippen molar-refractivity contribution in [2.75, 3.05) is 20.3 Å². The van der Waals surface area contributed by atoms with Crippen LogP contribution in [0.2, 0.25) is 0 Å². The Labute approximate surface area is 79.2 Å². The molecule has 78 valence electrons. The van der Waals surface area contributed by atoms with Gasteiger partial charge in [-0.3, -0.25) is 0 Å². The summed E-state index contributed by atoms with van der Waals surface area (Å²) >= 11 is 0. The van der Waals surface area contributed by atoms with Crippen LogP contribution in [0.25, 0.3) is 0 Å². The lowest BCUT2D eigenvalue weighted by molar-refractivity contribution is -0.0249. The Balaban J connectivity index is 3.62. The van der Waals surface area contributed by atoms with E-state index in [1.807, 2.05) is 20.8 Å². The minimum absolute atomic E-state index is 0.231. The van der Waals surface area contributed by atoms with E-state index in [1.165, 1.54) is 0 Å². The first-order chi connectivity index (χ1) is 6.02. The van der Waals surface area contributed by atoms with Crippen molar-refractivity contribution in [3.05, 3.63) is 0 Å². The first-order valence-corrected chi connectivity index (χ1v) is 4.36. The second-order valence-electron chi connectivity index (χ2n) is 3.31. The van der Waals surface area contributed by atoms with Gasteiger partial charge in [0.2, 0.25) is 0 Å². The maximum absolute atomic E-state index is 11.0. The number of methoxy groups -OCH3 is 1. The molecule has 4 heteroatoms. The van der Waals surface area contributed by atoms with E-state index in [2.05, 4.69) is 0 Å². The van der Waals surface area contributed by atoms with Gasteiger partial charge in [-0.2, -0.15) is 0 Å². The smallest absolute Gasteiger partial charge is 0.432 e. The SMILES string of the molecule is CCC(C)(C)OC(=O)OCCOC. The highest BCUT2D eigenvalue weighted by atomic mass is 16.7. The number of rotatable bonds is 5. The first kappa shape index (κ1) is 12.2. The molecular weight excluding hydrogens is 172 g/mol. The van der Waals surface area contributed by atoms with E-state index in [9.17, 15) is 4.79 Å². The summed E-state index contributed by atoms with van der Waals surface area (Å²) in [7, 11) is 1.55. The molecule has 0 unspecified atom stereocenters. The minimum Gasteiger partial charge on any atom is -0.432 e. The lowest BCUT2D eigenvalue weighted by Gasteiger charge is -2.22. The van der Waals surface area contributed by atoms with Crippen molar-refractivity contribution in [3.8, 4) is 0 Å². The molecule has 0 aliphatic carbocycles. The Bertz CT molecular complexity index is 154. The van der Waals surface area contributed by atoms with E-state index in [0.717, 1.165) is 6.42 Å². The van der Waals surface area contributed by atoms with Gasteiger partial charge < -0.3 is 14.2 Å². The highest BCUT2D eigenvalue weighted by Gasteiger charge is 2.20.